The van der Waals surface area contributed by atoms with E-state index in [0.29, 0.717) is 0 Å². The van der Waals surface area contributed by atoms with Crippen LogP contribution in [0.4, 0.5) is 0 Å². The molecule has 34 heavy (non-hydrogen) atoms. The first-order valence-corrected chi connectivity index (χ1v) is 15.4. The molecule has 3 aliphatic carbocycles. The van der Waals surface area contributed by atoms with E-state index in [1.54, 1.807) is 96.3 Å². The van der Waals surface area contributed by atoms with E-state index in [9.17, 15) is 0 Å². The number of aliphatic carboxylic acids is 1. The molecule has 3 fully saturated rings. The molecular formula is C29H50NO2PPd+2. The van der Waals surface area contributed by atoms with Gasteiger partial charge in [-0.2, -0.15) is 30.3 Å². The molecule has 0 unspecified atom stereocenters. The number of carbonyl (C=O) groups is 1. The van der Waals surface area contributed by atoms with Crippen LogP contribution in [0.15, 0.2) is 24.3 Å². The normalized spacial score (nSPS) is 19.9. The number of carboxylic acids is 1. The van der Waals surface area contributed by atoms with Crippen LogP contribution in [0.5, 0.6) is 0 Å². The van der Waals surface area contributed by atoms with Gasteiger partial charge in [0.15, 0.2) is 0 Å². The van der Waals surface area contributed by atoms with Crippen molar-refractivity contribution in [2.24, 2.45) is 0 Å². The fourth-order valence-corrected chi connectivity index (χ4v) is 11.4. The summed E-state index contributed by atoms with van der Waals surface area (Å²) >= 11 is 0. The Hall–Kier alpha value is -0.258. The molecule has 3 aliphatic rings. The maximum Gasteiger partial charge on any atom is 2.00 e. The number of carboxylic acid groups (broad SMARTS) is 1. The third-order valence-corrected chi connectivity index (χ3v) is 12.1. The Labute approximate surface area is 225 Å². The molecule has 0 heterocycles. The van der Waals surface area contributed by atoms with Gasteiger partial charge in [-0.3, -0.25) is 4.79 Å². The van der Waals surface area contributed by atoms with E-state index in [1.807, 2.05) is 18.2 Å². The van der Waals surface area contributed by atoms with Crippen LogP contribution in [0.2, 0.25) is 0 Å². The largest absolute Gasteiger partial charge is 2.00 e. The van der Waals surface area contributed by atoms with Crippen molar-refractivity contribution in [1.82, 2.24) is 4.90 Å². The summed E-state index contributed by atoms with van der Waals surface area (Å²) in [7, 11) is 4.07. The minimum atomic E-state index is -0.833. The molecule has 0 saturated heterocycles. The summed E-state index contributed by atoms with van der Waals surface area (Å²) in [5.41, 5.74) is 4.92. The molecule has 0 atom stereocenters. The van der Waals surface area contributed by atoms with Crippen LogP contribution in [-0.4, -0.2) is 47.0 Å². The molecule has 0 aromatic heterocycles. The van der Waals surface area contributed by atoms with Gasteiger partial charge in [-0.1, -0.05) is 19.3 Å². The second-order valence-corrected chi connectivity index (χ2v) is 14.1. The Balaban J connectivity index is 0.000000326. The molecule has 4 rings (SSSR count). The van der Waals surface area contributed by atoms with Gasteiger partial charge in [-0.25, -0.2) is 0 Å². The first kappa shape index (κ1) is 31.8. The van der Waals surface area contributed by atoms with E-state index < -0.39 is 5.97 Å². The second-order valence-electron chi connectivity index (χ2n) is 10.6. The Morgan fingerprint density at radius 2 is 1.24 bits per heavy atom. The Morgan fingerprint density at radius 1 is 0.853 bits per heavy atom. The summed E-state index contributed by atoms with van der Waals surface area (Å²) in [5, 5.41) is 7.42. The molecule has 0 aliphatic heterocycles. The zero-order chi connectivity index (χ0) is 23.9. The van der Waals surface area contributed by atoms with Crippen LogP contribution >= 0.6 is 7.92 Å². The standard InChI is InChI=1S/C18H33P.C9H12N.C2H4O2.Pd/c1-4-10-16(11-5-1)19(17-12-6-2-7-13-17)18-14-8-3-9-15-18;1-10(2)8-9-6-4-3-5-7-9;1-2(3)4;/h16-18H,1-15H2;3-6H,8H2,1-2H3;1H3,(H,3,4);/q;-1;;+2/p+1. The summed E-state index contributed by atoms with van der Waals surface area (Å²) in [4.78, 5) is 11.1. The molecule has 196 valence electrons. The average molecular weight is 582 g/mol. The number of rotatable bonds is 5. The van der Waals surface area contributed by atoms with Crippen LogP contribution in [-0.2, 0) is 31.8 Å². The van der Waals surface area contributed by atoms with Crippen molar-refractivity contribution in [3.63, 3.8) is 0 Å². The molecule has 1 N–H and O–H groups in total. The van der Waals surface area contributed by atoms with E-state index in [-0.39, 0.29) is 28.3 Å². The van der Waals surface area contributed by atoms with Gasteiger partial charge in [0.05, 0.1) is 17.0 Å². The van der Waals surface area contributed by atoms with Crippen LogP contribution in [0.3, 0.4) is 0 Å². The molecule has 1 aromatic carbocycles. The van der Waals surface area contributed by atoms with Gasteiger partial charge in [-0.15, -0.1) is 5.56 Å². The monoisotopic (exact) mass is 581 g/mol. The second kappa shape index (κ2) is 18.9. The Morgan fingerprint density at radius 3 is 1.53 bits per heavy atom. The van der Waals surface area contributed by atoms with Gasteiger partial charge in [0.1, 0.15) is 0 Å². The molecule has 5 heteroatoms. The van der Waals surface area contributed by atoms with Crippen LogP contribution in [0.1, 0.15) is 109 Å². The summed E-state index contributed by atoms with van der Waals surface area (Å²) in [5.74, 6) is -0.833. The van der Waals surface area contributed by atoms with Crippen molar-refractivity contribution in [3.05, 3.63) is 35.9 Å². The molecule has 3 saturated carbocycles. The fraction of sp³-hybridized carbons (Fsp3) is 0.759. The van der Waals surface area contributed by atoms with E-state index >= 15 is 0 Å². The van der Waals surface area contributed by atoms with Crippen LogP contribution in [0.25, 0.3) is 0 Å². The van der Waals surface area contributed by atoms with Gasteiger partial charge in [-0.05, 0) is 91.1 Å². The number of nitrogens with zero attached hydrogens (tertiary/aromatic N) is 1. The zero-order valence-electron chi connectivity index (χ0n) is 22.0. The molecule has 0 bridgehead atoms. The van der Waals surface area contributed by atoms with Crippen molar-refractivity contribution in [2.45, 2.75) is 127 Å². The first-order valence-electron chi connectivity index (χ1n) is 13.6. The summed E-state index contributed by atoms with van der Waals surface area (Å²) in [6.45, 7) is 2.06. The van der Waals surface area contributed by atoms with E-state index in [1.165, 1.54) is 22.5 Å². The van der Waals surface area contributed by atoms with Gasteiger partial charge in [0.2, 0.25) is 0 Å². The molecule has 0 spiro atoms. The molecule has 0 amide bonds. The summed E-state index contributed by atoms with van der Waals surface area (Å²) in [6, 6.07) is 11.2. The third-order valence-electron chi connectivity index (χ3n) is 7.49. The van der Waals surface area contributed by atoms with E-state index in [0.717, 1.165) is 13.5 Å². The maximum absolute atomic E-state index is 9.00. The van der Waals surface area contributed by atoms with Gasteiger partial charge in [0.25, 0.3) is 5.97 Å². The Kier molecular flexibility index (Phi) is 17.7. The molecule has 0 radical (unpaired) electrons. The fourth-order valence-electron chi connectivity index (χ4n) is 6.18. The first-order chi connectivity index (χ1) is 16.0. The maximum atomic E-state index is 9.00. The minimum absolute atomic E-state index is 0. The van der Waals surface area contributed by atoms with Crippen LogP contribution < -0.4 is 0 Å². The quantitative estimate of drug-likeness (QED) is 0.219. The molecular weight excluding hydrogens is 532 g/mol. The Bertz CT molecular complexity index is 577. The minimum Gasteiger partial charge on any atom is -0.481 e. The third kappa shape index (κ3) is 13.2. The summed E-state index contributed by atoms with van der Waals surface area (Å²) < 4.78 is 0. The predicted octanol–water partition coefficient (Wildman–Crippen LogP) is 7.84. The van der Waals surface area contributed by atoms with Crippen molar-refractivity contribution in [3.8, 4) is 0 Å². The average Bonchev–Trinajstić information content (AvgIpc) is 2.82. The molecule has 3 nitrogen and oxygen atoms in total. The SMILES string of the molecule is C1CCC([PH+](C2CCCCC2)C2CCCCC2)CC1.CC(=O)O.CN(C)Cc1[c-]cccc1.[Pd+2]. The van der Waals surface area contributed by atoms with Gasteiger partial charge >= 0.3 is 20.4 Å². The van der Waals surface area contributed by atoms with E-state index in [2.05, 4.69) is 31.1 Å². The topological polar surface area (TPSA) is 40.5 Å². The predicted molar refractivity (Wildman–Crippen MR) is 145 cm³/mol. The molecule has 1 aromatic rings. The number of hydrogen-bond donors (Lipinski definition) is 1. The van der Waals surface area contributed by atoms with Gasteiger partial charge < -0.3 is 10.0 Å². The van der Waals surface area contributed by atoms with E-state index in [4.69, 9.17) is 9.90 Å². The van der Waals surface area contributed by atoms with Gasteiger partial charge in [0, 0.05) is 21.4 Å². The van der Waals surface area contributed by atoms with Crippen molar-refractivity contribution < 1.29 is 30.3 Å². The van der Waals surface area contributed by atoms with Crippen molar-refractivity contribution in [2.75, 3.05) is 14.1 Å². The van der Waals surface area contributed by atoms with Crippen LogP contribution in [0, 0.1) is 6.07 Å². The zero-order valence-corrected chi connectivity index (χ0v) is 24.5. The van der Waals surface area contributed by atoms with Crippen molar-refractivity contribution >= 4 is 13.9 Å². The summed E-state index contributed by atoms with van der Waals surface area (Å²) in [6.07, 6.45) is 23.8. The van der Waals surface area contributed by atoms with Crippen molar-refractivity contribution in [1.29, 1.82) is 0 Å². The number of benzene rings is 1. The smallest absolute Gasteiger partial charge is 0.481 e. The number of hydrogen-bond acceptors (Lipinski definition) is 2.